The van der Waals surface area contributed by atoms with Gasteiger partial charge in [-0.05, 0) is 24.3 Å². The molecule has 2 aromatic carbocycles. The van der Waals surface area contributed by atoms with E-state index in [4.69, 9.17) is 9.47 Å². The number of rotatable bonds is 6. The van der Waals surface area contributed by atoms with Crippen LogP contribution < -0.4 is 10.1 Å². The molecule has 0 radical (unpaired) electrons. The number of carbonyl (C=O) groups excluding carboxylic acids is 3. The van der Waals surface area contributed by atoms with Gasteiger partial charge in [0.25, 0.3) is 5.91 Å². The summed E-state index contributed by atoms with van der Waals surface area (Å²) in [4.78, 5) is 36.1. The first kappa shape index (κ1) is 17.2. The highest BCUT2D eigenvalue weighted by Crippen LogP contribution is 2.16. The van der Waals surface area contributed by atoms with E-state index in [1.54, 1.807) is 54.6 Å². The van der Waals surface area contributed by atoms with E-state index in [1.165, 1.54) is 7.11 Å². The van der Waals surface area contributed by atoms with Gasteiger partial charge in [-0.1, -0.05) is 30.3 Å². The maximum absolute atomic E-state index is 12.5. The highest BCUT2D eigenvalue weighted by atomic mass is 16.5. The molecule has 0 aliphatic carbocycles. The Labute approximate surface area is 139 Å². The maximum atomic E-state index is 12.5. The molecule has 1 unspecified atom stereocenters. The van der Waals surface area contributed by atoms with Crippen molar-refractivity contribution in [1.82, 2.24) is 0 Å². The predicted molar refractivity (Wildman–Crippen MR) is 88.0 cm³/mol. The number of anilines is 1. The minimum atomic E-state index is -1.55. The number of nitrogens with one attached hydrogen (secondary N) is 1. The van der Waals surface area contributed by atoms with Gasteiger partial charge < -0.3 is 14.8 Å². The normalized spacial score (nSPS) is 11.2. The van der Waals surface area contributed by atoms with Crippen LogP contribution in [-0.2, 0) is 14.3 Å². The lowest BCUT2D eigenvalue weighted by atomic mass is 10.1. The third kappa shape index (κ3) is 4.42. The molecule has 0 spiro atoms. The van der Waals surface area contributed by atoms with E-state index in [-0.39, 0.29) is 5.56 Å². The van der Waals surface area contributed by atoms with E-state index in [1.807, 2.05) is 0 Å². The summed E-state index contributed by atoms with van der Waals surface area (Å²) in [6.45, 7) is 1.14. The van der Waals surface area contributed by atoms with Crippen LogP contribution in [0.3, 0.4) is 0 Å². The average molecular weight is 327 g/mol. The molecular formula is C18H17NO5. The van der Waals surface area contributed by atoms with Crippen molar-refractivity contribution < 1.29 is 23.9 Å². The van der Waals surface area contributed by atoms with Crippen LogP contribution >= 0.6 is 0 Å². The molecule has 124 valence electrons. The molecule has 1 N–H and O–H groups in total. The summed E-state index contributed by atoms with van der Waals surface area (Å²) in [5.41, 5.74) is 0.743. The topological polar surface area (TPSA) is 81.7 Å². The van der Waals surface area contributed by atoms with Crippen molar-refractivity contribution >= 4 is 23.3 Å². The summed E-state index contributed by atoms with van der Waals surface area (Å²) in [7, 11) is 1.53. The second-order valence-electron chi connectivity index (χ2n) is 4.94. The first-order valence-corrected chi connectivity index (χ1v) is 7.22. The van der Waals surface area contributed by atoms with Gasteiger partial charge in [0.1, 0.15) is 5.75 Å². The summed E-state index contributed by atoms with van der Waals surface area (Å²) in [5.74, 6) is -1.39. The Kier molecular flexibility index (Phi) is 5.68. The SMILES string of the molecule is COc1ccc(NC(=O)C(OC(C)=O)C(=O)c2ccccc2)cc1. The minimum Gasteiger partial charge on any atom is -0.497 e. The van der Waals surface area contributed by atoms with Gasteiger partial charge in [0.05, 0.1) is 7.11 Å². The number of ether oxygens (including phenoxy) is 2. The number of hydrogen-bond donors (Lipinski definition) is 1. The van der Waals surface area contributed by atoms with E-state index >= 15 is 0 Å². The number of carbonyl (C=O) groups is 3. The van der Waals surface area contributed by atoms with E-state index in [2.05, 4.69) is 5.32 Å². The fraction of sp³-hybridized carbons (Fsp3) is 0.167. The minimum absolute atomic E-state index is 0.286. The number of benzene rings is 2. The summed E-state index contributed by atoms with van der Waals surface area (Å²) < 4.78 is 9.95. The molecule has 0 fully saturated rings. The van der Waals surface area contributed by atoms with Gasteiger partial charge in [0, 0.05) is 18.2 Å². The Balaban J connectivity index is 2.18. The molecule has 0 aliphatic rings. The third-order valence-electron chi connectivity index (χ3n) is 3.18. The molecule has 2 aromatic rings. The number of methoxy groups -OCH3 is 1. The monoisotopic (exact) mass is 327 g/mol. The smallest absolute Gasteiger partial charge is 0.303 e. The van der Waals surface area contributed by atoms with Crippen molar-refractivity contribution in [2.45, 2.75) is 13.0 Å². The Morgan fingerprint density at radius 3 is 2.12 bits per heavy atom. The zero-order valence-corrected chi connectivity index (χ0v) is 13.3. The first-order chi connectivity index (χ1) is 11.5. The second kappa shape index (κ2) is 7.92. The predicted octanol–water partition coefficient (Wildman–Crippen LogP) is 2.45. The molecule has 0 saturated carbocycles. The van der Waals surface area contributed by atoms with Gasteiger partial charge in [0.15, 0.2) is 0 Å². The van der Waals surface area contributed by atoms with Crippen molar-refractivity contribution in [3.63, 3.8) is 0 Å². The quantitative estimate of drug-likeness (QED) is 0.501. The van der Waals surface area contributed by atoms with Gasteiger partial charge in [-0.25, -0.2) is 0 Å². The Morgan fingerprint density at radius 2 is 1.58 bits per heavy atom. The summed E-state index contributed by atoms with van der Waals surface area (Å²) >= 11 is 0. The fourth-order valence-corrected chi connectivity index (χ4v) is 2.03. The lowest BCUT2D eigenvalue weighted by Gasteiger charge is -2.16. The fourth-order valence-electron chi connectivity index (χ4n) is 2.03. The number of esters is 1. The van der Waals surface area contributed by atoms with E-state index in [9.17, 15) is 14.4 Å². The van der Waals surface area contributed by atoms with E-state index < -0.39 is 23.8 Å². The van der Waals surface area contributed by atoms with Gasteiger partial charge in [-0.2, -0.15) is 0 Å². The molecule has 0 aromatic heterocycles. The first-order valence-electron chi connectivity index (χ1n) is 7.22. The lowest BCUT2D eigenvalue weighted by Crippen LogP contribution is -2.38. The number of Topliss-reactive ketones (excluding diaryl/α,β-unsaturated/α-hetero) is 1. The molecule has 0 bridgehead atoms. The van der Waals surface area contributed by atoms with Crippen molar-refractivity contribution in [2.24, 2.45) is 0 Å². The van der Waals surface area contributed by atoms with Crippen LogP contribution in [0, 0.1) is 0 Å². The summed E-state index contributed by atoms with van der Waals surface area (Å²) in [5, 5.41) is 2.56. The van der Waals surface area contributed by atoms with Crippen molar-refractivity contribution in [3.8, 4) is 5.75 Å². The molecule has 0 saturated heterocycles. The van der Waals surface area contributed by atoms with Crippen LogP contribution in [0.15, 0.2) is 54.6 Å². The molecule has 6 nitrogen and oxygen atoms in total. The zero-order valence-electron chi connectivity index (χ0n) is 13.3. The Morgan fingerprint density at radius 1 is 0.958 bits per heavy atom. The number of amides is 1. The van der Waals surface area contributed by atoms with Crippen LogP contribution in [0.25, 0.3) is 0 Å². The van der Waals surface area contributed by atoms with Gasteiger partial charge in [-0.3, -0.25) is 14.4 Å². The van der Waals surface area contributed by atoms with Crippen LogP contribution in [0.4, 0.5) is 5.69 Å². The maximum Gasteiger partial charge on any atom is 0.303 e. The molecular weight excluding hydrogens is 310 g/mol. The standard InChI is InChI=1S/C18H17NO5/c1-12(20)24-17(16(21)13-6-4-3-5-7-13)18(22)19-14-8-10-15(23-2)11-9-14/h3-11,17H,1-2H3,(H,19,22). The molecule has 0 heterocycles. The van der Waals surface area contributed by atoms with Crippen LogP contribution in [0.2, 0.25) is 0 Å². The van der Waals surface area contributed by atoms with Crippen molar-refractivity contribution in [1.29, 1.82) is 0 Å². The molecule has 1 atom stereocenters. The Bertz CT molecular complexity index is 725. The largest absolute Gasteiger partial charge is 0.497 e. The highest BCUT2D eigenvalue weighted by molar-refractivity contribution is 6.16. The van der Waals surface area contributed by atoms with E-state index in [0.717, 1.165) is 6.92 Å². The van der Waals surface area contributed by atoms with Gasteiger partial charge in [-0.15, -0.1) is 0 Å². The van der Waals surface area contributed by atoms with Crippen LogP contribution in [0.1, 0.15) is 17.3 Å². The molecule has 1 amide bonds. The molecule has 24 heavy (non-hydrogen) atoms. The van der Waals surface area contributed by atoms with Crippen LogP contribution in [0.5, 0.6) is 5.75 Å². The highest BCUT2D eigenvalue weighted by Gasteiger charge is 2.30. The van der Waals surface area contributed by atoms with Crippen LogP contribution in [-0.4, -0.2) is 30.9 Å². The number of ketones is 1. The van der Waals surface area contributed by atoms with Gasteiger partial charge in [0.2, 0.25) is 11.9 Å². The molecule has 6 heteroatoms. The molecule has 0 aliphatic heterocycles. The second-order valence-corrected chi connectivity index (χ2v) is 4.94. The van der Waals surface area contributed by atoms with Crippen molar-refractivity contribution in [2.75, 3.05) is 12.4 Å². The third-order valence-corrected chi connectivity index (χ3v) is 3.18. The summed E-state index contributed by atoms with van der Waals surface area (Å²) in [6.07, 6.45) is -1.55. The average Bonchev–Trinajstić information content (AvgIpc) is 2.60. The summed E-state index contributed by atoms with van der Waals surface area (Å²) in [6, 6.07) is 14.8. The molecule has 2 rings (SSSR count). The lowest BCUT2D eigenvalue weighted by molar-refractivity contribution is -0.149. The number of hydrogen-bond acceptors (Lipinski definition) is 5. The Hall–Kier alpha value is -3.15. The van der Waals surface area contributed by atoms with Crippen molar-refractivity contribution in [3.05, 3.63) is 60.2 Å². The van der Waals surface area contributed by atoms with E-state index in [0.29, 0.717) is 11.4 Å². The van der Waals surface area contributed by atoms with Gasteiger partial charge >= 0.3 is 5.97 Å². The zero-order chi connectivity index (χ0) is 17.5.